The molecule has 1 aliphatic rings. The number of pyridine rings is 3. The van der Waals surface area contributed by atoms with Crippen molar-refractivity contribution in [2.45, 2.75) is 13.8 Å². The first-order valence-electron chi connectivity index (χ1n) is 9.29. The Morgan fingerprint density at radius 1 is 1.16 bits per heavy atom. The first kappa shape index (κ1) is 18.9. The Bertz CT molecular complexity index is 1380. The normalized spacial score (nSPS) is 13.3. The van der Waals surface area contributed by atoms with Gasteiger partial charge in [-0.15, -0.1) is 0 Å². The van der Waals surface area contributed by atoms with Gasteiger partial charge in [-0.3, -0.25) is 0 Å². The maximum absolute atomic E-state index is 13.1. The minimum absolute atomic E-state index is 0.273. The molecule has 1 unspecified atom stereocenters. The smallest absolute Gasteiger partial charge is 0.437 e. The van der Waals surface area contributed by atoms with Crippen LogP contribution in [-0.4, -0.2) is 31.4 Å². The zero-order valence-corrected chi connectivity index (χ0v) is 17.3. The summed E-state index contributed by atoms with van der Waals surface area (Å²) in [5.41, 5.74) is 2.49. The molecule has 1 atom stereocenters. The van der Waals surface area contributed by atoms with Crippen LogP contribution >= 0.6 is 10.5 Å². The number of carbonyl (C=O) groups excluding carboxylic acids is 1. The third-order valence-corrected chi connectivity index (χ3v) is 6.42. The van der Waals surface area contributed by atoms with Crippen LogP contribution in [-0.2, 0) is 0 Å². The van der Waals surface area contributed by atoms with Crippen molar-refractivity contribution in [3.8, 4) is 11.6 Å². The molecule has 154 valence electrons. The lowest BCUT2D eigenvalue weighted by atomic mass is 10.2. The molecule has 0 aliphatic carbocycles. The second-order valence-corrected chi connectivity index (χ2v) is 8.56. The Morgan fingerprint density at radius 3 is 2.74 bits per heavy atom. The summed E-state index contributed by atoms with van der Waals surface area (Å²) in [5, 5.41) is 13.4. The topological polar surface area (TPSA) is 118 Å². The van der Waals surface area contributed by atoms with Gasteiger partial charge in [0.2, 0.25) is 5.88 Å². The van der Waals surface area contributed by atoms with Crippen LogP contribution in [0.3, 0.4) is 0 Å². The van der Waals surface area contributed by atoms with Gasteiger partial charge in [0, 0.05) is 24.2 Å². The van der Waals surface area contributed by atoms with Crippen LogP contribution in [0.2, 0.25) is 0 Å². The number of hydrogen-bond acceptors (Lipinski definition) is 6. The Hall–Kier alpha value is -4.05. The predicted molar refractivity (Wildman–Crippen MR) is 117 cm³/mol. The number of nitrogens with one attached hydrogen (secondary N) is 1. The number of aromatic nitrogens is 3. The molecule has 5 heterocycles. The van der Waals surface area contributed by atoms with E-state index < -0.39 is 21.8 Å². The van der Waals surface area contributed by atoms with E-state index in [1.807, 2.05) is 26.0 Å². The van der Waals surface area contributed by atoms with Crippen LogP contribution < -0.4 is 15.0 Å². The number of carboxylic acid groups (broad SMARTS) is 1. The van der Waals surface area contributed by atoms with E-state index in [-0.39, 0.29) is 5.82 Å². The number of ether oxygens (including phenoxy) is 1. The molecular weight excluding hydrogens is 418 g/mol. The molecule has 1 aliphatic heterocycles. The number of aryl methyl sites for hydroxylation is 2. The largest absolute Gasteiger partial charge is 0.554 e. The van der Waals surface area contributed by atoms with E-state index in [4.69, 9.17) is 4.74 Å². The molecule has 2 N–H and O–H groups in total. The molecule has 0 radical (unpaired) electrons. The van der Waals surface area contributed by atoms with Gasteiger partial charge in [-0.2, -0.15) is 4.79 Å². The van der Waals surface area contributed by atoms with E-state index >= 15 is 0 Å². The predicted octanol–water partition coefficient (Wildman–Crippen LogP) is 5.39. The van der Waals surface area contributed by atoms with Gasteiger partial charge in [0.1, 0.15) is 21.5 Å². The molecule has 2 amide bonds. The quantitative estimate of drug-likeness (QED) is 0.413. The summed E-state index contributed by atoms with van der Waals surface area (Å²) in [6, 6.07) is 8.39. The van der Waals surface area contributed by atoms with Crippen molar-refractivity contribution in [2.24, 2.45) is 0 Å². The molecule has 31 heavy (non-hydrogen) atoms. The van der Waals surface area contributed by atoms with Crippen molar-refractivity contribution in [1.29, 1.82) is 0 Å². The number of nitrogens with zero attached hydrogens (tertiary/aromatic N) is 4. The number of carbonyl (C=O) groups is 2. The van der Waals surface area contributed by atoms with Crippen molar-refractivity contribution in [3.63, 3.8) is 0 Å². The first-order valence-corrected chi connectivity index (χ1v) is 10.6. The van der Waals surface area contributed by atoms with E-state index in [0.29, 0.717) is 33.2 Å². The van der Waals surface area contributed by atoms with Gasteiger partial charge in [-0.25, -0.2) is 24.6 Å². The van der Waals surface area contributed by atoms with Crippen LogP contribution in [0.1, 0.15) is 11.3 Å². The lowest BCUT2D eigenvalue weighted by Crippen LogP contribution is -2.34. The van der Waals surface area contributed by atoms with Crippen molar-refractivity contribution in [3.05, 3.63) is 59.4 Å². The van der Waals surface area contributed by atoms with Gasteiger partial charge < -0.3 is 15.2 Å². The number of urea groups is 1. The summed E-state index contributed by atoms with van der Waals surface area (Å²) < 4.78 is 6.05. The van der Waals surface area contributed by atoms with Crippen molar-refractivity contribution >= 4 is 49.2 Å². The monoisotopic (exact) mass is 434 g/mol. The minimum atomic E-state index is -1.24. The fraction of sp³-hybridized carbons (Fsp3) is 0.0952. The van der Waals surface area contributed by atoms with Crippen molar-refractivity contribution in [1.82, 2.24) is 15.0 Å². The zero-order valence-electron chi connectivity index (χ0n) is 16.5. The summed E-state index contributed by atoms with van der Waals surface area (Å²) >= 11 is 0. The molecular formula is C21H16N5O4S+. The summed E-state index contributed by atoms with van der Waals surface area (Å²) in [6.45, 7) is 3.71. The Balaban J connectivity index is 1.70. The first-order chi connectivity index (χ1) is 14.9. The lowest BCUT2D eigenvalue weighted by molar-refractivity contribution is 0.221. The van der Waals surface area contributed by atoms with E-state index in [9.17, 15) is 14.7 Å². The highest BCUT2D eigenvalue weighted by molar-refractivity contribution is 7.54. The third kappa shape index (κ3) is 3.04. The summed E-state index contributed by atoms with van der Waals surface area (Å²) in [4.78, 5) is 39.6. The molecule has 0 saturated carbocycles. The second kappa shape index (κ2) is 7.03. The third-order valence-electron chi connectivity index (χ3n) is 4.85. The van der Waals surface area contributed by atoms with E-state index in [1.165, 1.54) is 16.5 Å². The Morgan fingerprint density at radius 2 is 1.97 bits per heavy atom. The van der Waals surface area contributed by atoms with Crippen LogP contribution in [0.25, 0.3) is 10.2 Å². The highest BCUT2D eigenvalue weighted by atomic mass is 32.2. The summed E-state index contributed by atoms with van der Waals surface area (Å²) in [5.74, 6) is 1.03. The second-order valence-electron chi connectivity index (χ2n) is 6.91. The molecule has 5 rings (SSSR count). The average molecular weight is 434 g/mol. The highest BCUT2D eigenvalue weighted by Gasteiger charge is 2.38. The zero-order chi connectivity index (χ0) is 21.7. The van der Waals surface area contributed by atoms with Crippen LogP contribution in [0.15, 0.2) is 48.1 Å². The molecule has 0 fully saturated rings. The van der Waals surface area contributed by atoms with Gasteiger partial charge in [0.15, 0.2) is 16.9 Å². The Labute approximate surface area is 178 Å². The van der Waals surface area contributed by atoms with Gasteiger partial charge in [-0.05, 0) is 37.6 Å². The number of rotatable bonds is 4. The van der Waals surface area contributed by atoms with Crippen LogP contribution in [0.5, 0.6) is 11.6 Å². The molecule has 0 spiro atoms. The van der Waals surface area contributed by atoms with E-state index in [2.05, 4.69) is 20.3 Å². The SMILES string of the molecule is Cc1cccc(Oc2c(C)ccnc2N2C(=O)Nc3c[s+](C(=O)O)c4nccc2c34)n1. The maximum Gasteiger partial charge on any atom is 0.554 e. The van der Waals surface area contributed by atoms with E-state index in [1.54, 1.807) is 24.4 Å². The van der Waals surface area contributed by atoms with Crippen LogP contribution in [0.4, 0.5) is 26.8 Å². The molecule has 9 nitrogen and oxygen atoms in total. The fourth-order valence-corrected chi connectivity index (χ4v) is 4.88. The Kier molecular flexibility index (Phi) is 4.29. The van der Waals surface area contributed by atoms with Crippen molar-refractivity contribution < 1.29 is 19.4 Å². The summed E-state index contributed by atoms with van der Waals surface area (Å²) in [7, 11) is -1.24. The highest BCUT2D eigenvalue weighted by Crippen LogP contribution is 2.48. The number of hydrogen-bond donors (Lipinski definition) is 2. The lowest BCUT2D eigenvalue weighted by Gasteiger charge is -2.27. The molecule has 4 aromatic rings. The minimum Gasteiger partial charge on any atom is -0.437 e. The number of anilines is 3. The summed E-state index contributed by atoms with van der Waals surface area (Å²) in [6.07, 6.45) is 3.08. The number of amides is 2. The fourth-order valence-electron chi connectivity index (χ4n) is 3.48. The molecule has 0 saturated heterocycles. The number of thiophene rings is 1. The van der Waals surface area contributed by atoms with Gasteiger partial charge in [-0.1, -0.05) is 6.07 Å². The standard InChI is InChI=1S/C21H15N5O4S/c1-11-6-8-22-18(17(11)30-15-5-3-4-12(2)24-15)26-14-7-9-23-19-16(14)13(25-20(26)27)10-31(19)21(28)29/h3-10H,1-2H3,(H-,25,27,28,29)/p+1. The molecule has 0 aromatic carbocycles. The van der Waals surface area contributed by atoms with Gasteiger partial charge >= 0.3 is 11.3 Å². The average Bonchev–Trinajstić information content (AvgIpc) is 3.10. The van der Waals surface area contributed by atoms with Crippen LogP contribution in [0, 0.1) is 13.8 Å². The molecule has 0 bridgehead atoms. The van der Waals surface area contributed by atoms with Gasteiger partial charge in [0.25, 0.3) is 4.83 Å². The van der Waals surface area contributed by atoms with E-state index in [0.717, 1.165) is 11.3 Å². The van der Waals surface area contributed by atoms with Crippen molar-refractivity contribution in [2.75, 3.05) is 10.2 Å². The molecule has 10 heteroatoms. The maximum atomic E-state index is 13.1. The van der Waals surface area contributed by atoms with Gasteiger partial charge in [0.05, 0.1) is 5.69 Å². The molecule has 4 aromatic heterocycles.